The molecule has 0 spiro atoms. The van der Waals surface area contributed by atoms with E-state index in [0.717, 1.165) is 38.5 Å². The Morgan fingerprint density at radius 3 is 1.52 bits per heavy atom. The van der Waals surface area contributed by atoms with Gasteiger partial charge in [0.2, 0.25) is 0 Å². The van der Waals surface area contributed by atoms with E-state index in [1.165, 1.54) is 128 Å². The van der Waals surface area contributed by atoms with Gasteiger partial charge in [0.25, 0.3) is 0 Å². The molecule has 0 saturated carbocycles. The molecule has 9 heteroatoms. The van der Waals surface area contributed by atoms with Crippen molar-refractivity contribution in [1.82, 2.24) is 0 Å². The van der Waals surface area contributed by atoms with Gasteiger partial charge in [-0.3, -0.25) is 13.8 Å². The molecule has 306 valence electrons. The fourth-order valence-corrected chi connectivity index (χ4v) is 6.65. The second-order valence-corrected chi connectivity index (χ2v) is 15.7. The number of allylic oxidation sites excluding steroid dienone is 6. The van der Waals surface area contributed by atoms with Crippen LogP contribution in [-0.2, 0) is 27.9 Å². The van der Waals surface area contributed by atoms with Crippen molar-refractivity contribution in [3.8, 4) is 0 Å². The van der Waals surface area contributed by atoms with Crippen LogP contribution < -0.4 is 5.73 Å². The third-order valence-electron chi connectivity index (χ3n) is 9.06. The Kier molecular flexibility index (Phi) is 39.9. The molecule has 0 aliphatic rings. The molecule has 0 aliphatic heterocycles. The van der Waals surface area contributed by atoms with Gasteiger partial charge in [0.1, 0.15) is 6.10 Å². The Morgan fingerprint density at radius 1 is 0.577 bits per heavy atom. The molecule has 3 N–H and O–H groups in total. The molecule has 8 nitrogen and oxygen atoms in total. The fraction of sp³-hybridized carbons (Fsp3) is 0.837. The molecular weight excluding hydrogens is 673 g/mol. The van der Waals surface area contributed by atoms with E-state index in [2.05, 4.69) is 50.3 Å². The Bertz CT molecular complexity index is 895. The van der Waals surface area contributed by atoms with Crippen molar-refractivity contribution in [1.29, 1.82) is 0 Å². The monoisotopic (exact) mass is 756 g/mol. The Hall–Kier alpha value is -1.28. The molecule has 0 heterocycles. The zero-order chi connectivity index (χ0) is 38.1. The van der Waals surface area contributed by atoms with E-state index in [9.17, 15) is 14.3 Å². The summed E-state index contributed by atoms with van der Waals surface area (Å²) in [5.41, 5.74) is 5.36. The normalized spacial score (nSPS) is 13.8. The summed E-state index contributed by atoms with van der Waals surface area (Å²) in [7, 11) is -4.28. The molecule has 0 aromatic rings. The maximum Gasteiger partial charge on any atom is 0.472 e. The molecule has 0 fully saturated rings. The molecule has 0 saturated heterocycles. The van der Waals surface area contributed by atoms with Gasteiger partial charge in [-0.15, -0.1) is 0 Å². The standard InChI is InChI=1S/C43H82NO7P/c1-3-5-7-9-11-13-15-17-19-20-21-23-25-27-29-31-33-35-38-48-40-42(41-50-52(46,47)49-39-37-44)51-43(45)36-34-32-30-28-26-24-22-18-16-14-12-10-8-6-4-2/h12,14,18,22,26,28,42H,3-11,13,15-17,19-21,23-25,27,29-41,44H2,1-2H3,(H,46,47)/b14-12-,22-18-,28-26-/t42-/m1/s1. The first-order valence-electron chi connectivity index (χ1n) is 21.5. The summed E-state index contributed by atoms with van der Waals surface area (Å²) >= 11 is 0. The van der Waals surface area contributed by atoms with Crippen molar-refractivity contribution in [3.63, 3.8) is 0 Å². The number of ether oxygens (including phenoxy) is 2. The second kappa shape index (κ2) is 40.9. The van der Waals surface area contributed by atoms with Crippen LogP contribution >= 0.6 is 7.82 Å². The molecule has 0 amide bonds. The fourth-order valence-electron chi connectivity index (χ4n) is 5.89. The third-order valence-corrected chi connectivity index (χ3v) is 10.0. The summed E-state index contributed by atoms with van der Waals surface area (Å²) in [5, 5.41) is 0. The molecule has 52 heavy (non-hydrogen) atoms. The minimum absolute atomic E-state index is 0.0948. The largest absolute Gasteiger partial charge is 0.472 e. The number of carbonyl (C=O) groups excluding carboxylic acids is 1. The van der Waals surface area contributed by atoms with Gasteiger partial charge in [0.05, 0.1) is 19.8 Å². The maximum absolute atomic E-state index is 12.5. The van der Waals surface area contributed by atoms with Gasteiger partial charge in [0, 0.05) is 19.6 Å². The van der Waals surface area contributed by atoms with Gasteiger partial charge < -0.3 is 20.1 Å². The lowest BCUT2D eigenvalue weighted by Crippen LogP contribution is -2.28. The first-order valence-corrected chi connectivity index (χ1v) is 23.0. The molecular formula is C43H82NO7P. The highest BCUT2D eigenvalue weighted by Gasteiger charge is 2.25. The zero-order valence-electron chi connectivity index (χ0n) is 33.8. The molecule has 0 bridgehead atoms. The lowest BCUT2D eigenvalue weighted by molar-refractivity contribution is -0.154. The van der Waals surface area contributed by atoms with Gasteiger partial charge in [-0.25, -0.2) is 4.57 Å². The van der Waals surface area contributed by atoms with Gasteiger partial charge in [-0.2, -0.15) is 0 Å². The summed E-state index contributed by atoms with van der Waals surface area (Å²) in [6.07, 6.45) is 45.9. The third kappa shape index (κ3) is 39.9. The number of nitrogens with two attached hydrogens (primary N) is 1. The van der Waals surface area contributed by atoms with E-state index in [1.54, 1.807) is 0 Å². The Labute approximate surface area is 320 Å². The van der Waals surface area contributed by atoms with Crippen LogP contribution in [0.2, 0.25) is 0 Å². The van der Waals surface area contributed by atoms with Crippen molar-refractivity contribution < 1.29 is 32.8 Å². The van der Waals surface area contributed by atoms with Crippen LogP contribution in [0.15, 0.2) is 36.5 Å². The van der Waals surface area contributed by atoms with E-state index >= 15 is 0 Å². The zero-order valence-corrected chi connectivity index (χ0v) is 34.7. The SMILES string of the molecule is CCCCC/C=C\C/C=C\C/C=C\CCCCC(=O)O[C@H](COCCCCCCCCCCCCCCCCCCCC)COP(=O)(O)OCCN. The van der Waals surface area contributed by atoms with Crippen LogP contribution in [0.4, 0.5) is 0 Å². The predicted molar refractivity (Wildman–Crippen MR) is 220 cm³/mol. The molecule has 0 aromatic carbocycles. The Morgan fingerprint density at radius 2 is 1.02 bits per heavy atom. The maximum atomic E-state index is 12.5. The van der Waals surface area contributed by atoms with E-state index in [4.69, 9.17) is 24.3 Å². The van der Waals surface area contributed by atoms with E-state index < -0.39 is 13.9 Å². The number of rotatable bonds is 41. The Balaban J connectivity index is 4.06. The van der Waals surface area contributed by atoms with Crippen LogP contribution in [0.1, 0.15) is 194 Å². The van der Waals surface area contributed by atoms with Crippen molar-refractivity contribution in [2.45, 2.75) is 200 Å². The average Bonchev–Trinajstić information content (AvgIpc) is 3.13. The molecule has 0 rings (SSSR count). The smallest absolute Gasteiger partial charge is 0.457 e. The van der Waals surface area contributed by atoms with E-state index in [0.29, 0.717) is 13.0 Å². The van der Waals surface area contributed by atoms with Crippen LogP contribution in [0.3, 0.4) is 0 Å². The van der Waals surface area contributed by atoms with Crippen molar-refractivity contribution >= 4 is 13.8 Å². The highest BCUT2D eigenvalue weighted by molar-refractivity contribution is 7.47. The lowest BCUT2D eigenvalue weighted by Gasteiger charge is -2.20. The molecule has 0 aromatic heterocycles. The highest BCUT2D eigenvalue weighted by Crippen LogP contribution is 2.43. The summed E-state index contributed by atoms with van der Waals surface area (Å²) < 4.78 is 33.4. The van der Waals surface area contributed by atoms with Crippen LogP contribution in [0.25, 0.3) is 0 Å². The molecule has 1 unspecified atom stereocenters. The molecule has 0 radical (unpaired) electrons. The van der Waals surface area contributed by atoms with Gasteiger partial charge in [-0.1, -0.05) is 172 Å². The number of hydrogen-bond acceptors (Lipinski definition) is 7. The van der Waals surface area contributed by atoms with Crippen molar-refractivity contribution in [2.75, 3.05) is 33.0 Å². The number of phosphoric acid groups is 1. The predicted octanol–water partition coefficient (Wildman–Crippen LogP) is 12.6. The van der Waals surface area contributed by atoms with Crippen LogP contribution in [0.5, 0.6) is 0 Å². The second-order valence-electron chi connectivity index (χ2n) is 14.2. The van der Waals surface area contributed by atoms with E-state index in [1.807, 2.05) is 0 Å². The number of hydrogen-bond donors (Lipinski definition) is 2. The van der Waals surface area contributed by atoms with Crippen LogP contribution in [0, 0.1) is 0 Å². The topological polar surface area (TPSA) is 117 Å². The quantitative estimate of drug-likeness (QED) is 0.0274. The summed E-state index contributed by atoms with van der Waals surface area (Å²) in [5.74, 6) is -0.365. The average molecular weight is 756 g/mol. The van der Waals surface area contributed by atoms with Crippen molar-refractivity contribution in [2.24, 2.45) is 5.73 Å². The summed E-state index contributed by atoms with van der Waals surface area (Å²) in [6, 6.07) is 0. The molecule has 2 atom stereocenters. The molecule has 0 aliphatic carbocycles. The van der Waals surface area contributed by atoms with Gasteiger partial charge in [0.15, 0.2) is 0 Å². The van der Waals surface area contributed by atoms with E-state index in [-0.39, 0.29) is 38.8 Å². The number of unbranched alkanes of at least 4 members (excludes halogenated alkanes) is 22. The van der Waals surface area contributed by atoms with Crippen molar-refractivity contribution in [3.05, 3.63) is 36.5 Å². The number of carbonyl (C=O) groups is 1. The summed E-state index contributed by atoms with van der Waals surface area (Å²) in [6.45, 7) is 4.86. The summed E-state index contributed by atoms with van der Waals surface area (Å²) in [4.78, 5) is 22.4. The number of phosphoric ester groups is 1. The first-order chi connectivity index (χ1) is 25.4. The first kappa shape index (κ1) is 50.7. The lowest BCUT2D eigenvalue weighted by atomic mass is 10.0. The minimum atomic E-state index is -4.28. The highest BCUT2D eigenvalue weighted by atomic mass is 31.2. The number of esters is 1. The van der Waals surface area contributed by atoms with Gasteiger partial charge in [-0.05, 0) is 51.4 Å². The minimum Gasteiger partial charge on any atom is -0.457 e. The van der Waals surface area contributed by atoms with Crippen LogP contribution in [-0.4, -0.2) is 49.9 Å². The van der Waals surface area contributed by atoms with Gasteiger partial charge >= 0.3 is 13.8 Å².